The van der Waals surface area contributed by atoms with Gasteiger partial charge in [0.05, 0.1) is 22.5 Å². The molecular weight excluding hydrogens is 1910 g/mol. The standard InChI is InChI=1S/C94H136N16O29S3/c1-11-52(4)79(106-87(129)67-27-14-17-35-107(67)9)93(134)108(10)68(51(2)3)44-69(139-56(8)111)90-105-66(49-140-90)86(128)101-59(38-53(5)94(135)136)39-57-29-30-58-41-60(112)22-18-33-97-84(126)63(25-12-15-31-95-73(116)47-137-36-20-23-61(113)42-77(120)121)103-82(124)54(6)99-88(130)80-81(110-76(119)46-71(92(110)133)142-50-141-70-45-75(118)109(80)91(70)132)89(131)100-55(7)83(125)104-64(85(127)98-34-19-28-72(115)102-65(58)40-57)26-13-16-32-96-74(117)48-138-37-21-24-62(114)43-78(122)123/h29-30,40,49,51-55,59,63-64,67-71,79-81H,11-28,31-39,41-48,50H2,1-10H3,(H,95,116)(H,96,117)(H,97,126)(H,98,127)(H,99,130)(H,100,131)(H,101,128)(H,102,115)(H,103,124)(H,104,125)(H,106,129)(H,120,121)(H,122,123)(H,135,136)/t52-,53-,54?,55?,59?,63-,64-,67+,68+,69+,70?,71?,79-,80?,81?/m0/s1. The van der Waals surface area contributed by atoms with Gasteiger partial charge in [-0.15, -0.1) is 34.9 Å². The second kappa shape index (κ2) is 58.7. The van der Waals surface area contributed by atoms with Gasteiger partial charge in [0, 0.05) is 133 Å². The third-order valence-corrected chi connectivity index (χ3v) is 28.5. The Morgan fingerprint density at radius 1 is 0.634 bits per heavy atom. The number of ketones is 3. The van der Waals surface area contributed by atoms with E-state index in [1.54, 1.807) is 24.1 Å². The maximum absolute atomic E-state index is 15.3. The second-order valence-electron chi connectivity index (χ2n) is 36.7. The summed E-state index contributed by atoms with van der Waals surface area (Å²) in [4.78, 5) is 324. The van der Waals surface area contributed by atoms with E-state index in [9.17, 15) is 106 Å². The molecule has 784 valence electrons. The lowest BCUT2D eigenvalue weighted by atomic mass is 9.92. The Labute approximate surface area is 835 Å². The highest BCUT2D eigenvalue weighted by molar-refractivity contribution is 8.17. The number of anilines is 1. The van der Waals surface area contributed by atoms with Crippen LogP contribution in [0.5, 0.6) is 0 Å². The lowest BCUT2D eigenvalue weighted by Gasteiger charge is -2.38. The number of likely N-dealkylation sites (tertiary alicyclic amines) is 1. The van der Waals surface area contributed by atoms with Gasteiger partial charge in [-0.25, -0.2) is 4.98 Å². The van der Waals surface area contributed by atoms with E-state index in [2.05, 4.69) is 63.5 Å². The van der Waals surface area contributed by atoms with Gasteiger partial charge in [0.2, 0.25) is 88.6 Å². The molecule has 15 atom stereocenters. The van der Waals surface area contributed by atoms with Crippen LogP contribution in [0.2, 0.25) is 0 Å². The zero-order valence-electron chi connectivity index (χ0n) is 81.9. The number of imide groups is 2. The van der Waals surface area contributed by atoms with E-state index in [1.165, 1.54) is 25.3 Å². The molecule has 45 nitrogen and oxygen atoms in total. The Hall–Kier alpha value is -11.8. The fourth-order valence-corrected chi connectivity index (χ4v) is 20.3. The first-order valence-corrected chi connectivity index (χ1v) is 51.1. The molecule has 48 heteroatoms. The predicted octanol–water partition coefficient (Wildman–Crippen LogP) is 1.61. The summed E-state index contributed by atoms with van der Waals surface area (Å²) in [5.41, 5.74) is 0.636. The quantitative estimate of drug-likeness (QED) is 0.0194. The van der Waals surface area contributed by atoms with Crippen LogP contribution in [0.1, 0.15) is 242 Å². The molecule has 1 aromatic carbocycles. The van der Waals surface area contributed by atoms with Gasteiger partial charge in [0.1, 0.15) is 96.4 Å². The molecule has 1 aromatic heterocycles. The van der Waals surface area contributed by atoms with Gasteiger partial charge in [0.25, 0.3) is 5.91 Å². The third-order valence-electron chi connectivity index (χ3n) is 24.9. The second-order valence-corrected chi connectivity index (χ2v) is 40.3. The van der Waals surface area contributed by atoms with Crippen LogP contribution in [0.4, 0.5) is 5.69 Å². The first kappa shape index (κ1) is 117. The highest BCUT2D eigenvalue weighted by Gasteiger charge is 2.57. The van der Waals surface area contributed by atoms with Crippen molar-refractivity contribution in [3.05, 3.63) is 45.4 Å². The molecule has 0 aliphatic carbocycles. The summed E-state index contributed by atoms with van der Waals surface area (Å²) in [7, 11) is 3.50. The molecule has 142 heavy (non-hydrogen) atoms. The highest BCUT2D eigenvalue weighted by Crippen LogP contribution is 2.39. The van der Waals surface area contributed by atoms with Gasteiger partial charge in [-0.3, -0.25) is 125 Å². The number of carbonyl (C=O) groups excluding carboxylic acids is 20. The summed E-state index contributed by atoms with van der Waals surface area (Å²) in [6.45, 7) is 11.8. The number of hydrogen-bond acceptors (Lipinski definition) is 31. The molecule has 4 fully saturated rings. The van der Waals surface area contributed by atoms with Crippen LogP contribution in [-0.2, 0) is 133 Å². The summed E-state index contributed by atoms with van der Waals surface area (Å²) < 4.78 is 16.6. The minimum Gasteiger partial charge on any atom is -0.481 e. The molecule has 5 aliphatic rings. The Bertz CT molecular complexity index is 4880. The van der Waals surface area contributed by atoms with E-state index in [0.29, 0.717) is 28.2 Å². The fourth-order valence-electron chi connectivity index (χ4n) is 16.8. The Kier molecular flexibility index (Phi) is 48.5. The number of fused-ring (bicyclic) bond motifs is 8. The van der Waals surface area contributed by atoms with E-state index in [4.69, 9.17) is 24.4 Å². The van der Waals surface area contributed by atoms with Crippen molar-refractivity contribution >= 4 is 176 Å². The van der Waals surface area contributed by atoms with Crippen LogP contribution in [0, 0.1) is 17.8 Å². The number of Topliss-reactive ketones (excluding diaryl/α,β-unsaturated/α-hetero) is 3. The van der Waals surface area contributed by atoms with Crippen molar-refractivity contribution in [3.8, 4) is 0 Å². The van der Waals surface area contributed by atoms with Crippen molar-refractivity contribution < 1.29 is 140 Å². The van der Waals surface area contributed by atoms with Crippen molar-refractivity contribution in [2.75, 3.05) is 83.6 Å². The fraction of sp³-hybridized carbons (Fsp3) is 0.660. The van der Waals surface area contributed by atoms with Crippen molar-refractivity contribution in [1.82, 2.24) is 77.8 Å². The van der Waals surface area contributed by atoms with E-state index >= 15 is 9.59 Å². The lowest BCUT2D eigenvalue weighted by molar-refractivity contribution is -0.158. The predicted molar refractivity (Wildman–Crippen MR) is 514 cm³/mol. The number of benzene rings is 1. The number of ether oxygens (including phenoxy) is 3. The summed E-state index contributed by atoms with van der Waals surface area (Å²) in [6, 6.07) is -9.56. The van der Waals surface area contributed by atoms with Crippen LogP contribution < -0.4 is 58.5 Å². The number of amides is 16. The number of likely N-dealkylation sites (N-methyl/N-ethyl adjacent to an activating group) is 2. The van der Waals surface area contributed by atoms with Crippen molar-refractivity contribution in [3.63, 3.8) is 0 Å². The first-order chi connectivity index (χ1) is 67.4. The first-order valence-electron chi connectivity index (χ1n) is 48.1. The number of hydrogen-bond donors (Lipinski definition) is 14. The molecule has 4 bridgehead atoms. The summed E-state index contributed by atoms with van der Waals surface area (Å²) in [6.07, 6.45) is -1.41. The SMILES string of the molecule is CC[C@H](C)[C@H](NC(=O)[C@H]1CCCCN1C)C(=O)N(C)[C@H](C[C@@H](OC(C)=O)c1nc(C(=O)NC(Cc2ccc3c(c2)NC(=O)CCCNC(=O)[C@H](CCCCNC(=O)COCCCC(=O)CC(=O)O)NC(=O)C(C)NC(=O)C2C(C(=O)NC(C)C(=O)N[C@@H](CCCCNC(=O)COCCCC(=O)CC(=O)O)C(=O)NCCCC(=O)C3)N3C(=O)CC(SCSC4CC(=O)N2C4=O)C3=O)C[C@H](C)C(=O)O)cs1)C(C)C. The van der Waals surface area contributed by atoms with E-state index in [-0.39, 0.29) is 206 Å². The van der Waals surface area contributed by atoms with E-state index < -0.39 is 246 Å². The number of esters is 1. The van der Waals surface area contributed by atoms with Crippen LogP contribution >= 0.6 is 34.9 Å². The van der Waals surface area contributed by atoms with Crippen molar-refractivity contribution in [2.24, 2.45) is 17.8 Å². The van der Waals surface area contributed by atoms with Crippen molar-refractivity contribution in [2.45, 2.75) is 299 Å². The Balaban J connectivity index is 1.18. The molecule has 7 unspecified atom stereocenters. The number of aliphatic carboxylic acids is 3. The largest absolute Gasteiger partial charge is 0.481 e. The molecular formula is C94H136N16O29S3. The van der Waals surface area contributed by atoms with E-state index in [1.807, 2.05) is 39.6 Å². The monoisotopic (exact) mass is 2050 g/mol. The van der Waals surface area contributed by atoms with Crippen LogP contribution in [0.3, 0.4) is 0 Å². The minimum absolute atomic E-state index is 0.00104. The van der Waals surface area contributed by atoms with Crippen LogP contribution in [-0.4, -0.2) is 325 Å². The summed E-state index contributed by atoms with van der Waals surface area (Å²) in [5, 5.41) is 56.8. The number of carbonyl (C=O) groups is 23. The number of piperidine rings is 1. The molecule has 0 saturated carbocycles. The summed E-state index contributed by atoms with van der Waals surface area (Å²) in [5.74, 6) is -21.5. The Morgan fingerprint density at radius 3 is 1.65 bits per heavy atom. The number of carboxylic acids is 3. The zero-order chi connectivity index (χ0) is 105. The third kappa shape index (κ3) is 37.5. The molecule has 16 amide bonds. The molecule has 5 aliphatic heterocycles. The number of rotatable bonds is 44. The molecule has 0 radical (unpaired) electrons. The molecule has 4 saturated heterocycles. The van der Waals surface area contributed by atoms with Crippen LogP contribution in [0.25, 0.3) is 0 Å². The molecule has 6 heterocycles. The number of nitrogens with zero attached hydrogens (tertiary/aromatic N) is 5. The van der Waals surface area contributed by atoms with E-state index in [0.717, 1.165) is 68.1 Å². The van der Waals surface area contributed by atoms with Gasteiger partial charge < -0.3 is 92.9 Å². The van der Waals surface area contributed by atoms with Gasteiger partial charge in [-0.2, -0.15) is 0 Å². The number of nitrogens with one attached hydrogen (secondary N) is 11. The van der Waals surface area contributed by atoms with Gasteiger partial charge in [-0.05, 0) is 146 Å². The number of carboxylic acid groups (broad SMARTS) is 3. The van der Waals surface area contributed by atoms with Gasteiger partial charge in [-0.1, -0.05) is 59.6 Å². The summed E-state index contributed by atoms with van der Waals surface area (Å²) >= 11 is 2.88. The molecule has 14 N–H and O–H groups in total. The molecule has 2 aromatic rings. The normalized spacial score (nSPS) is 22.1. The Morgan fingerprint density at radius 2 is 1.16 bits per heavy atom. The minimum atomic E-state index is -2.45. The average molecular weight is 2050 g/mol. The maximum Gasteiger partial charge on any atom is 0.310 e. The average Bonchev–Trinajstić information content (AvgIpc) is 1.59. The molecule has 0 spiro atoms. The topological polar surface area (TPSA) is 639 Å². The lowest BCUT2D eigenvalue weighted by Crippen LogP contribution is -2.68. The highest BCUT2D eigenvalue weighted by atomic mass is 32.2. The van der Waals surface area contributed by atoms with Crippen LogP contribution in [0.15, 0.2) is 23.6 Å². The number of unbranched alkanes of at least 4 members (excludes halogenated alkanes) is 2. The maximum atomic E-state index is 15.3. The van der Waals surface area contributed by atoms with Crippen molar-refractivity contribution in [1.29, 1.82) is 0 Å². The smallest absolute Gasteiger partial charge is 0.310 e. The number of aromatic nitrogens is 1. The zero-order valence-corrected chi connectivity index (χ0v) is 84.4. The van der Waals surface area contributed by atoms with Gasteiger partial charge >= 0.3 is 23.9 Å². The molecule has 7 rings (SSSR count). The number of thioether (sulfide) groups is 2. The van der Waals surface area contributed by atoms with Gasteiger partial charge in [0.15, 0.2) is 6.10 Å². The number of thiazole rings is 1.